The molecule has 5 heteroatoms. The summed E-state index contributed by atoms with van der Waals surface area (Å²) >= 11 is 0. The van der Waals surface area contributed by atoms with Crippen LogP contribution in [0, 0.1) is 5.41 Å². The fourth-order valence-electron chi connectivity index (χ4n) is 2.43. The highest BCUT2D eigenvalue weighted by Gasteiger charge is 2.39. The minimum Gasteiger partial charge on any atom is -0.352 e. The molecule has 4 N–H and O–H groups in total. The Bertz CT molecular complexity index is 307. The third kappa shape index (κ3) is 2.97. The van der Waals surface area contributed by atoms with Gasteiger partial charge in [-0.2, -0.15) is 0 Å². The molecule has 0 radical (unpaired) electrons. The van der Waals surface area contributed by atoms with Crippen molar-refractivity contribution in [3.63, 3.8) is 0 Å². The summed E-state index contributed by atoms with van der Waals surface area (Å²) in [6.45, 7) is 0.458. The molecule has 2 rings (SSSR count). The van der Waals surface area contributed by atoms with Crippen molar-refractivity contribution in [1.29, 1.82) is 0 Å². The second-order valence-corrected chi connectivity index (χ2v) is 5.22. The molecule has 96 valence electrons. The van der Waals surface area contributed by atoms with Crippen LogP contribution < -0.4 is 16.4 Å². The molecule has 0 bridgehead atoms. The number of nitrogens with one attached hydrogen (secondary N) is 2. The Morgan fingerprint density at radius 3 is 2.41 bits per heavy atom. The topological polar surface area (TPSA) is 84.2 Å². The normalized spacial score (nSPS) is 22.2. The van der Waals surface area contributed by atoms with Gasteiger partial charge in [0.25, 0.3) is 0 Å². The molecular formula is C12H21N3O2. The molecule has 0 saturated heterocycles. The highest BCUT2D eigenvalue weighted by molar-refractivity contribution is 5.88. The van der Waals surface area contributed by atoms with Crippen molar-refractivity contribution in [2.45, 2.75) is 44.6 Å². The zero-order valence-electron chi connectivity index (χ0n) is 10.1. The van der Waals surface area contributed by atoms with Gasteiger partial charge in [0, 0.05) is 12.6 Å². The largest absolute Gasteiger partial charge is 0.352 e. The quantitative estimate of drug-likeness (QED) is 0.626. The third-order valence-corrected chi connectivity index (χ3v) is 3.79. The maximum atomic E-state index is 12.0. The van der Waals surface area contributed by atoms with Crippen LogP contribution in [0.15, 0.2) is 0 Å². The first-order valence-corrected chi connectivity index (χ1v) is 6.44. The molecule has 0 aliphatic heterocycles. The van der Waals surface area contributed by atoms with E-state index in [4.69, 9.17) is 5.73 Å². The van der Waals surface area contributed by atoms with Crippen molar-refractivity contribution in [2.75, 3.05) is 13.1 Å². The first kappa shape index (κ1) is 12.4. The van der Waals surface area contributed by atoms with Gasteiger partial charge < -0.3 is 16.4 Å². The number of amides is 2. The molecule has 17 heavy (non-hydrogen) atoms. The molecule has 2 fully saturated rings. The zero-order valence-corrected chi connectivity index (χ0v) is 10.1. The van der Waals surface area contributed by atoms with E-state index in [1.807, 2.05) is 0 Å². The van der Waals surface area contributed by atoms with Crippen LogP contribution in [0.3, 0.4) is 0 Å². The van der Waals surface area contributed by atoms with Gasteiger partial charge in [-0.05, 0) is 25.7 Å². The van der Waals surface area contributed by atoms with E-state index in [0.29, 0.717) is 12.6 Å². The van der Waals surface area contributed by atoms with Crippen LogP contribution in [0.25, 0.3) is 0 Å². The smallest absolute Gasteiger partial charge is 0.239 e. The van der Waals surface area contributed by atoms with Gasteiger partial charge in [-0.3, -0.25) is 9.59 Å². The lowest BCUT2D eigenvalue weighted by atomic mass is 9.85. The molecule has 0 aromatic carbocycles. The maximum absolute atomic E-state index is 12.0. The van der Waals surface area contributed by atoms with Gasteiger partial charge in [0.1, 0.15) is 0 Å². The lowest BCUT2D eigenvalue weighted by molar-refractivity contribution is -0.132. The van der Waals surface area contributed by atoms with Crippen LogP contribution in [0.4, 0.5) is 0 Å². The van der Waals surface area contributed by atoms with E-state index >= 15 is 0 Å². The van der Waals surface area contributed by atoms with Gasteiger partial charge in [0.15, 0.2) is 0 Å². The average molecular weight is 239 g/mol. The van der Waals surface area contributed by atoms with Gasteiger partial charge in [-0.1, -0.05) is 12.8 Å². The van der Waals surface area contributed by atoms with Crippen molar-refractivity contribution in [3.05, 3.63) is 0 Å². The summed E-state index contributed by atoms with van der Waals surface area (Å²) in [4.78, 5) is 23.5. The fourth-order valence-corrected chi connectivity index (χ4v) is 2.43. The van der Waals surface area contributed by atoms with E-state index in [2.05, 4.69) is 10.6 Å². The first-order valence-electron chi connectivity index (χ1n) is 6.44. The van der Waals surface area contributed by atoms with Crippen LogP contribution in [-0.4, -0.2) is 30.9 Å². The predicted molar refractivity (Wildman–Crippen MR) is 64.1 cm³/mol. The summed E-state index contributed by atoms with van der Waals surface area (Å²) in [6.07, 6.45) is 5.93. The number of rotatable bonds is 5. The molecule has 2 aliphatic rings. The van der Waals surface area contributed by atoms with Crippen molar-refractivity contribution in [1.82, 2.24) is 10.6 Å². The number of carbonyl (C=O) groups excluding carboxylic acids is 2. The van der Waals surface area contributed by atoms with Gasteiger partial charge in [0.05, 0.1) is 12.0 Å². The minimum atomic E-state index is -0.417. The highest BCUT2D eigenvalue weighted by Crippen LogP contribution is 2.37. The molecule has 0 spiro atoms. The standard InChI is InChI=1S/C12H21N3O2/c13-8-12(5-1-2-6-12)11(17)14-7-10(16)15-9-3-4-9/h9H,1-8,13H2,(H,14,17)(H,15,16). The molecule has 0 heterocycles. The Morgan fingerprint density at radius 2 is 1.88 bits per heavy atom. The molecule has 5 nitrogen and oxygen atoms in total. The van der Waals surface area contributed by atoms with Gasteiger partial charge >= 0.3 is 0 Å². The molecular weight excluding hydrogens is 218 g/mol. The van der Waals surface area contributed by atoms with Crippen LogP contribution in [0.5, 0.6) is 0 Å². The number of carbonyl (C=O) groups is 2. The molecule has 2 amide bonds. The number of hydrogen-bond donors (Lipinski definition) is 3. The molecule has 0 aromatic heterocycles. The maximum Gasteiger partial charge on any atom is 0.239 e. The zero-order chi connectivity index (χ0) is 12.3. The lowest BCUT2D eigenvalue weighted by Gasteiger charge is -2.25. The Balaban J connectivity index is 1.77. The van der Waals surface area contributed by atoms with E-state index in [-0.39, 0.29) is 18.4 Å². The summed E-state index contributed by atoms with van der Waals surface area (Å²) in [7, 11) is 0. The first-order chi connectivity index (χ1) is 8.16. The summed E-state index contributed by atoms with van der Waals surface area (Å²) < 4.78 is 0. The van der Waals surface area contributed by atoms with E-state index in [9.17, 15) is 9.59 Å². The lowest BCUT2D eigenvalue weighted by Crippen LogP contribution is -2.47. The van der Waals surface area contributed by atoms with Crippen molar-refractivity contribution < 1.29 is 9.59 Å². The fraction of sp³-hybridized carbons (Fsp3) is 0.833. The van der Waals surface area contributed by atoms with Crippen molar-refractivity contribution in [2.24, 2.45) is 11.1 Å². The molecule has 0 unspecified atom stereocenters. The molecule has 2 aliphatic carbocycles. The Kier molecular flexibility index (Phi) is 3.66. The predicted octanol–water partition coefficient (Wildman–Crippen LogP) is -0.0997. The molecule has 0 aromatic rings. The van der Waals surface area contributed by atoms with E-state index in [1.165, 1.54) is 0 Å². The average Bonchev–Trinajstić information content (AvgIpc) is 2.99. The van der Waals surface area contributed by atoms with Crippen molar-refractivity contribution in [3.8, 4) is 0 Å². The molecule has 2 saturated carbocycles. The van der Waals surface area contributed by atoms with Crippen LogP contribution in [0.2, 0.25) is 0 Å². The third-order valence-electron chi connectivity index (χ3n) is 3.79. The summed E-state index contributed by atoms with van der Waals surface area (Å²) in [5.41, 5.74) is 5.29. The number of hydrogen-bond acceptors (Lipinski definition) is 3. The van der Waals surface area contributed by atoms with E-state index < -0.39 is 5.41 Å². The second kappa shape index (κ2) is 5.04. The summed E-state index contributed by atoms with van der Waals surface area (Å²) in [6, 6.07) is 0.342. The van der Waals surface area contributed by atoms with Gasteiger partial charge in [-0.25, -0.2) is 0 Å². The Hall–Kier alpha value is -1.10. The van der Waals surface area contributed by atoms with Crippen LogP contribution in [0.1, 0.15) is 38.5 Å². The Morgan fingerprint density at radius 1 is 1.24 bits per heavy atom. The molecule has 0 atom stereocenters. The van der Waals surface area contributed by atoms with Crippen LogP contribution in [-0.2, 0) is 9.59 Å². The van der Waals surface area contributed by atoms with E-state index in [1.54, 1.807) is 0 Å². The number of nitrogens with two attached hydrogens (primary N) is 1. The van der Waals surface area contributed by atoms with Crippen molar-refractivity contribution >= 4 is 11.8 Å². The van der Waals surface area contributed by atoms with Gasteiger partial charge in [-0.15, -0.1) is 0 Å². The second-order valence-electron chi connectivity index (χ2n) is 5.22. The summed E-state index contributed by atoms with van der Waals surface area (Å²) in [5.74, 6) is -0.144. The highest BCUT2D eigenvalue weighted by atomic mass is 16.2. The Labute approximate surface area is 102 Å². The summed E-state index contributed by atoms with van der Waals surface area (Å²) in [5, 5.41) is 5.56. The van der Waals surface area contributed by atoms with E-state index in [0.717, 1.165) is 38.5 Å². The minimum absolute atomic E-state index is 0.0524. The van der Waals surface area contributed by atoms with Gasteiger partial charge in [0.2, 0.25) is 11.8 Å². The monoisotopic (exact) mass is 239 g/mol. The van der Waals surface area contributed by atoms with Crippen LogP contribution >= 0.6 is 0 Å². The SMILES string of the molecule is NCC1(C(=O)NCC(=O)NC2CC2)CCCC1.